The quantitative estimate of drug-likeness (QED) is 0.619. The van der Waals surface area contributed by atoms with Gasteiger partial charge in [-0.15, -0.1) is 0 Å². The molecule has 5 nitrogen and oxygen atoms in total. The third kappa shape index (κ3) is 2.14. The van der Waals surface area contributed by atoms with Gasteiger partial charge in [0.15, 0.2) is 17.2 Å². The van der Waals surface area contributed by atoms with Crippen LogP contribution < -0.4 is 5.32 Å². The lowest BCUT2D eigenvalue weighted by Crippen LogP contribution is -1.99. The Labute approximate surface area is 120 Å². The molecule has 0 aliphatic rings. The molecule has 0 bridgehead atoms. The molecule has 5 heteroatoms. The van der Waals surface area contributed by atoms with Gasteiger partial charge in [-0.2, -0.15) is 0 Å². The Kier molecular flexibility index (Phi) is 2.67. The van der Waals surface area contributed by atoms with E-state index in [0.717, 1.165) is 22.8 Å². The molecule has 0 fully saturated rings. The van der Waals surface area contributed by atoms with E-state index in [1.165, 1.54) is 0 Å². The van der Waals surface area contributed by atoms with Crippen molar-refractivity contribution in [3.05, 3.63) is 67.3 Å². The van der Waals surface area contributed by atoms with Gasteiger partial charge in [0.05, 0.1) is 6.26 Å². The number of nitrogens with zero attached hydrogens (tertiary/aromatic N) is 3. The molecule has 0 aliphatic heterocycles. The second-order valence-electron chi connectivity index (χ2n) is 4.60. The van der Waals surface area contributed by atoms with Crippen molar-refractivity contribution in [3.63, 3.8) is 0 Å². The topological polar surface area (TPSA) is 55.4 Å². The number of hydrogen-bond acceptors (Lipinski definition) is 4. The lowest BCUT2D eigenvalue weighted by atomic mass is 10.3. The van der Waals surface area contributed by atoms with Gasteiger partial charge in [-0.1, -0.05) is 18.2 Å². The van der Waals surface area contributed by atoms with Crippen molar-refractivity contribution in [3.8, 4) is 11.5 Å². The summed E-state index contributed by atoms with van der Waals surface area (Å²) in [5.41, 5.74) is 2.49. The van der Waals surface area contributed by atoms with Crippen molar-refractivity contribution in [2.45, 2.75) is 0 Å². The Bertz CT molecular complexity index is 866. The summed E-state index contributed by atoms with van der Waals surface area (Å²) < 4.78 is 7.35. The number of aromatic nitrogens is 3. The minimum atomic E-state index is 0.695. The molecule has 0 atom stereocenters. The summed E-state index contributed by atoms with van der Waals surface area (Å²) in [5, 5.41) is 3.30. The molecule has 0 amide bonds. The van der Waals surface area contributed by atoms with Crippen LogP contribution in [0, 0.1) is 0 Å². The lowest BCUT2D eigenvalue weighted by molar-refractivity contribution is 0.579. The maximum Gasteiger partial charge on any atom is 0.180 e. The van der Waals surface area contributed by atoms with Gasteiger partial charge in [0, 0.05) is 24.3 Å². The van der Waals surface area contributed by atoms with E-state index in [2.05, 4.69) is 15.3 Å². The maximum absolute atomic E-state index is 5.43. The summed E-state index contributed by atoms with van der Waals surface area (Å²) in [4.78, 5) is 8.97. The third-order valence-corrected chi connectivity index (χ3v) is 3.18. The zero-order chi connectivity index (χ0) is 14.1. The van der Waals surface area contributed by atoms with E-state index in [9.17, 15) is 0 Å². The highest BCUT2D eigenvalue weighted by molar-refractivity contribution is 5.72. The first-order chi connectivity index (χ1) is 10.4. The first kappa shape index (κ1) is 11.7. The summed E-state index contributed by atoms with van der Waals surface area (Å²) in [7, 11) is 0. The van der Waals surface area contributed by atoms with Gasteiger partial charge in [-0.05, 0) is 24.3 Å². The molecule has 4 rings (SSSR count). The van der Waals surface area contributed by atoms with Crippen LogP contribution in [-0.2, 0) is 0 Å². The Balaban J connectivity index is 1.85. The van der Waals surface area contributed by atoms with Crippen molar-refractivity contribution in [2.75, 3.05) is 5.32 Å². The van der Waals surface area contributed by atoms with Crippen LogP contribution >= 0.6 is 0 Å². The van der Waals surface area contributed by atoms with E-state index >= 15 is 0 Å². The molecule has 102 valence electrons. The number of rotatable bonds is 3. The van der Waals surface area contributed by atoms with Gasteiger partial charge in [0.2, 0.25) is 0 Å². The van der Waals surface area contributed by atoms with Crippen molar-refractivity contribution in [2.24, 2.45) is 0 Å². The van der Waals surface area contributed by atoms with Gasteiger partial charge < -0.3 is 14.1 Å². The van der Waals surface area contributed by atoms with Crippen LogP contribution in [0.15, 0.2) is 71.7 Å². The van der Waals surface area contributed by atoms with E-state index in [0.29, 0.717) is 5.82 Å². The van der Waals surface area contributed by atoms with Crippen molar-refractivity contribution < 1.29 is 4.42 Å². The molecule has 3 aromatic heterocycles. The molecule has 4 aromatic rings. The highest BCUT2D eigenvalue weighted by Crippen LogP contribution is 2.24. The maximum atomic E-state index is 5.43. The smallest absolute Gasteiger partial charge is 0.180 e. The Morgan fingerprint density at radius 3 is 2.76 bits per heavy atom. The predicted octanol–water partition coefficient (Wildman–Crippen LogP) is 3.73. The van der Waals surface area contributed by atoms with Crippen molar-refractivity contribution in [1.82, 2.24) is 14.4 Å². The Morgan fingerprint density at radius 1 is 1.05 bits per heavy atom. The number of anilines is 2. The van der Waals surface area contributed by atoms with Crippen LogP contribution in [0.25, 0.3) is 17.1 Å². The second-order valence-corrected chi connectivity index (χ2v) is 4.60. The van der Waals surface area contributed by atoms with E-state index in [1.807, 2.05) is 59.3 Å². The number of fused-ring (bicyclic) bond motifs is 1. The van der Waals surface area contributed by atoms with Gasteiger partial charge >= 0.3 is 0 Å². The third-order valence-electron chi connectivity index (χ3n) is 3.18. The van der Waals surface area contributed by atoms with Crippen LogP contribution in [-0.4, -0.2) is 14.4 Å². The second kappa shape index (κ2) is 4.79. The largest absolute Gasteiger partial charge is 0.463 e. The molecular weight excluding hydrogens is 264 g/mol. The number of hydrogen-bond donors (Lipinski definition) is 1. The van der Waals surface area contributed by atoms with Crippen LogP contribution in [0.4, 0.5) is 11.5 Å². The molecule has 0 saturated heterocycles. The summed E-state index contributed by atoms with van der Waals surface area (Å²) in [5.74, 6) is 1.42. The summed E-state index contributed by atoms with van der Waals surface area (Å²) in [6, 6.07) is 13.6. The monoisotopic (exact) mass is 276 g/mol. The van der Waals surface area contributed by atoms with Crippen LogP contribution in [0.2, 0.25) is 0 Å². The summed E-state index contributed by atoms with van der Waals surface area (Å²) in [6.07, 6.45) is 7.18. The minimum Gasteiger partial charge on any atom is -0.463 e. The zero-order valence-electron chi connectivity index (χ0n) is 11.1. The Morgan fingerprint density at radius 2 is 1.95 bits per heavy atom. The highest BCUT2D eigenvalue weighted by Gasteiger charge is 2.10. The van der Waals surface area contributed by atoms with Gasteiger partial charge in [-0.3, -0.25) is 0 Å². The van der Waals surface area contributed by atoms with E-state index in [1.54, 1.807) is 12.5 Å². The van der Waals surface area contributed by atoms with Crippen molar-refractivity contribution >= 4 is 17.2 Å². The van der Waals surface area contributed by atoms with E-state index in [-0.39, 0.29) is 0 Å². The van der Waals surface area contributed by atoms with Crippen LogP contribution in [0.5, 0.6) is 0 Å². The average molecular weight is 276 g/mol. The van der Waals surface area contributed by atoms with Crippen LogP contribution in [0.1, 0.15) is 0 Å². The molecule has 0 saturated carbocycles. The van der Waals surface area contributed by atoms with Gasteiger partial charge in [0.1, 0.15) is 5.69 Å². The fourth-order valence-electron chi connectivity index (χ4n) is 2.22. The molecule has 3 heterocycles. The van der Waals surface area contributed by atoms with Gasteiger partial charge in [0.25, 0.3) is 0 Å². The molecule has 0 aliphatic carbocycles. The Hall–Kier alpha value is -3.08. The number of furan rings is 1. The van der Waals surface area contributed by atoms with E-state index in [4.69, 9.17) is 4.42 Å². The number of imidazole rings is 1. The molecular formula is C16H12N4O. The van der Waals surface area contributed by atoms with Crippen LogP contribution in [0.3, 0.4) is 0 Å². The fraction of sp³-hybridized carbons (Fsp3) is 0. The van der Waals surface area contributed by atoms with Crippen molar-refractivity contribution in [1.29, 1.82) is 0 Å². The normalized spacial score (nSPS) is 10.9. The highest BCUT2D eigenvalue weighted by atomic mass is 16.3. The SMILES string of the molecule is c1ccc(Nc2nc(-c3ccco3)cn3ccnc23)cc1. The molecule has 1 aromatic carbocycles. The molecule has 0 radical (unpaired) electrons. The summed E-state index contributed by atoms with van der Waals surface area (Å²) in [6.45, 7) is 0. The minimum absolute atomic E-state index is 0.695. The predicted molar refractivity (Wildman–Crippen MR) is 80.4 cm³/mol. The number of para-hydroxylation sites is 1. The molecule has 0 spiro atoms. The molecule has 21 heavy (non-hydrogen) atoms. The lowest BCUT2D eigenvalue weighted by Gasteiger charge is -2.08. The molecule has 0 unspecified atom stereocenters. The average Bonchev–Trinajstić information content (AvgIpc) is 3.19. The summed E-state index contributed by atoms with van der Waals surface area (Å²) >= 11 is 0. The fourth-order valence-corrected chi connectivity index (χ4v) is 2.22. The zero-order valence-corrected chi connectivity index (χ0v) is 11.1. The standard InChI is InChI=1S/C16H12N4O/c1-2-5-12(6-3-1)18-15-16-17-8-9-20(16)11-13(19-15)14-7-4-10-21-14/h1-11H,(H,18,19). The molecule has 1 N–H and O–H groups in total. The number of nitrogens with one attached hydrogen (secondary N) is 1. The van der Waals surface area contributed by atoms with Gasteiger partial charge in [-0.25, -0.2) is 9.97 Å². The first-order valence-electron chi connectivity index (χ1n) is 6.60. The first-order valence-corrected chi connectivity index (χ1v) is 6.60. The van der Waals surface area contributed by atoms with E-state index < -0.39 is 0 Å². The number of benzene rings is 1.